The molecule has 2 saturated heterocycles. The topological polar surface area (TPSA) is 359 Å². The average molecular weight is 821 g/mol. The number of aliphatic hydroxyl groups excluding tert-OH is 3. The number of phosphoric ester groups is 3. The molecule has 6 rings (SSSR count). The van der Waals surface area contributed by atoms with Gasteiger partial charge in [0.05, 0.1) is 19.5 Å². The van der Waals surface area contributed by atoms with E-state index >= 15 is 0 Å². The van der Waals surface area contributed by atoms with Crippen LogP contribution in [0.15, 0.2) is 61.4 Å². The van der Waals surface area contributed by atoms with Crippen LogP contribution >= 0.6 is 23.5 Å². The van der Waals surface area contributed by atoms with Gasteiger partial charge in [-0.1, -0.05) is 30.3 Å². The highest BCUT2D eigenvalue weighted by Gasteiger charge is 2.51. The number of hydrogen-bond donors (Lipinski definition) is 9. The first-order valence-corrected chi connectivity index (χ1v) is 19.9. The number of nitrogens with zero attached hydrogens (tertiary/aromatic N) is 5. The Morgan fingerprint density at radius 3 is 2.17 bits per heavy atom. The van der Waals surface area contributed by atoms with Crippen molar-refractivity contribution in [3.63, 3.8) is 0 Å². The highest BCUT2D eigenvalue weighted by molar-refractivity contribution is 7.61. The van der Waals surface area contributed by atoms with E-state index in [1.165, 1.54) is 12.3 Å². The van der Waals surface area contributed by atoms with Gasteiger partial charge in [0.15, 0.2) is 36.2 Å². The van der Waals surface area contributed by atoms with Gasteiger partial charge in [-0.15, -0.1) is 0 Å². The largest absolute Gasteiger partial charge is 0.481 e. The van der Waals surface area contributed by atoms with Crippen LogP contribution in [0.1, 0.15) is 22.8 Å². The maximum absolute atomic E-state index is 12.7. The predicted octanol–water partition coefficient (Wildman–Crippen LogP) is -0.633. The number of carboxylic acids is 1. The molecule has 3 aromatic heterocycles. The fourth-order valence-corrected chi connectivity index (χ4v) is 8.38. The molecule has 2 aliphatic heterocycles. The monoisotopic (exact) mass is 821 g/mol. The van der Waals surface area contributed by atoms with Gasteiger partial charge in [0.2, 0.25) is 0 Å². The number of carboxylic acid groups (broad SMARTS) is 1. The second kappa shape index (κ2) is 15.5. The lowest BCUT2D eigenvalue weighted by atomic mass is 10.0. The van der Waals surface area contributed by atoms with Crippen molar-refractivity contribution in [1.82, 2.24) is 19.5 Å². The summed E-state index contributed by atoms with van der Waals surface area (Å²) in [5.41, 5.74) is 6.58. The van der Waals surface area contributed by atoms with Crippen molar-refractivity contribution >= 4 is 46.4 Å². The van der Waals surface area contributed by atoms with Crippen LogP contribution in [0, 0.1) is 0 Å². The Kier molecular flexibility index (Phi) is 11.5. The fraction of sp³-hybridized carbons (Fsp3) is 0.370. The summed E-state index contributed by atoms with van der Waals surface area (Å²) in [6, 6.07) is 10.00. The fourth-order valence-electron chi connectivity index (χ4n) is 5.74. The summed E-state index contributed by atoms with van der Waals surface area (Å²) >= 11 is 0. The minimum absolute atomic E-state index is 0.00474. The SMILES string of the molecule is Nc1ncnc2c1ncn2[C@@H]1O[C@H](COP(=O)(O)OP(=O)(O)OC[C@@H]2O[C@H]([n+]3ccc(-c4ccccc4)c(C(=O)O)c3)[C@@H](O)[C@H]2O)[C@@H](O)[C@H]1OP(=O)(O)O. The Hall–Kier alpha value is -3.64. The van der Waals surface area contributed by atoms with Gasteiger partial charge in [0.1, 0.15) is 47.9 Å². The molecule has 0 saturated carbocycles. The highest BCUT2D eigenvalue weighted by atomic mass is 31.3. The Morgan fingerprint density at radius 2 is 1.54 bits per heavy atom. The van der Waals surface area contributed by atoms with Crippen molar-refractivity contribution < 1.29 is 90.4 Å². The summed E-state index contributed by atoms with van der Waals surface area (Å²) in [6.07, 6.45) is -8.84. The molecule has 4 aromatic rings. The maximum Gasteiger partial charge on any atom is 0.481 e. The van der Waals surface area contributed by atoms with E-state index in [1.54, 1.807) is 30.3 Å². The van der Waals surface area contributed by atoms with Gasteiger partial charge in [-0.25, -0.2) is 33.4 Å². The van der Waals surface area contributed by atoms with E-state index in [2.05, 4.69) is 19.3 Å². The van der Waals surface area contributed by atoms with Gasteiger partial charge in [0.25, 0.3) is 6.23 Å². The molecule has 292 valence electrons. The first-order chi connectivity index (χ1) is 25.3. The quantitative estimate of drug-likeness (QED) is 0.0564. The van der Waals surface area contributed by atoms with Crippen LogP contribution in [-0.4, -0.2) is 115 Å². The van der Waals surface area contributed by atoms with Gasteiger partial charge in [0, 0.05) is 11.6 Å². The molecule has 2 fully saturated rings. The predicted molar refractivity (Wildman–Crippen MR) is 174 cm³/mol. The van der Waals surface area contributed by atoms with Gasteiger partial charge in [-0.05, 0) is 5.56 Å². The zero-order valence-corrected chi connectivity index (χ0v) is 29.8. The van der Waals surface area contributed by atoms with Crippen LogP contribution in [0.25, 0.3) is 22.3 Å². The number of ether oxygens (including phenoxy) is 2. The Morgan fingerprint density at radius 1 is 0.889 bits per heavy atom. The van der Waals surface area contributed by atoms with Gasteiger partial charge in [-0.3, -0.25) is 18.1 Å². The number of aromatic carboxylic acids is 1. The number of aromatic nitrogens is 5. The number of nitrogens with two attached hydrogens (primary N) is 1. The third kappa shape index (κ3) is 8.75. The molecule has 2 aliphatic rings. The molecule has 0 radical (unpaired) electrons. The molecule has 27 heteroatoms. The number of anilines is 1. The first-order valence-electron chi connectivity index (χ1n) is 15.4. The smallest absolute Gasteiger partial charge is 0.477 e. The zero-order chi connectivity index (χ0) is 39.2. The van der Waals surface area contributed by atoms with E-state index in [-0.39, 0.29) is 22.5 Å². The summed E-state index contributed by atoms with van der Waals surface area (Å²) in [4.78, 5) is 63.1. The minimum atomic E-state index is -5.57. The molecular weight excluding hydrogens is 789 g/mol. The number of rotatable bonds is 14. The van der Waals surface area contributed by atoms with Crippen molar-refractivity contribution in [3.8, 4) is 11.1 Å². The lowest BCUT2D eigenvalue weighted by Gasteiger charge is -2.22. The number of phosphoric acid groups is 3. The summed E-state index contributed by atoms with van der Waals surface area (Å²) in [7, 11) is -16.4. The molecule has 0 aliphatic carbocycles. The van der Waals surface area contributed by atoms with Crippen molar-refractivity contribution in [2.75, 3.05) is 18.9 Å². The van der Waals surface area contributed by atoms with Crippen molar-refractivity contribution in [2.24, 2.45) is 0 Å². The number of imidazole rings is 1. The third-order valence-electron chi connectivity index (χ3n) is 8.17. The Balaban J connectivity index is 1.08. The number of aliphatic hydroxyl groups is 3. The third-order valence-corrected chi connectivity index (χ3v) is 11.3. The van der Waals surface area contributed by atoms with E-state index in [9.17, 15) is 58.5 Å². The second-order valence-corrected chi connectivity index (χ2v) is 16.0. The Labute approximate surface area is 302 Å². The summed E-state index contributed by atoms with van der Waals surface area (Å²) in [6.45, 7) is -2.09. The van der Waals surface area contributed by atoms with Crippen LogP contribution < -0.4 is 10.3 Å². The normalized spacial score (nSPS) is 28.2. The van der Waals surface area contributed by atoms with Gasteiger partial charge < -0.3 is 55.2 Å². The van der Waals surface area contributed by atoms with Gasteiger partial charge >= 0.3 is 29.4 Å². The Bertz CT molecular complexity index is 2160. The molecular formula is C27H32N6O18P3+. The second-order valence-electron chi connectivity index (χ2n) is 11.7. The molecule has 1 aromatic carbocycles. The number of pyridine rings is 1. The molecule has 10 N–H and O–H groups in total. The van der Waals surface area contributed by atoms with Gasteiger partial charge in [-0.2, -0.15) is 8.88 Å². The van der Waals surface area contributed by atoms with E-state index in [0.29, 0.717) is 11.1 Å². The zero-order valence-electron chi connectivity index (χ0n) is 27.1. The van der Waals surface area contributed by atoms with Crippen LogP contribution in [0.4, 0.5) is 5.82 Å². The number of carbonyl (C=O) groups is 1. The van der Waals surface area contributed by atoms with Crippen LogP contribution in [0.2, 0.25) is 0 Å². The number of fused-ring (bicyclic) bond motifs is 1. The lowest BCUT2D eigenvalue weighted by molar-refractivity contribution is -0.765. The van der Waals surface area contributed by atoms with Crippen LogP contribution in [0.5, 0.6) is 0 Å². The summed E-state index contributed by atoms with van der Waals surface area (Å²) in [5, 5.41) is 41.9. The lowest BCUT2D eigenvalue weighted by Crippen LogP contribution is -2.46. The van der Waals surface area contributed by atoms with Crippen molar-refractivity contribution in [1.29, 1.82) is 0 Å². The number of nitrogen functional groups attached to an aromatic ring is 1. The highest BCUT2D eigenvalue weighted by Crippen LogP contribution is 2.61. The molecule has 0 bridgehead atoms. The van der Waals surface area contributed by atoms with Crippen LogP contribution in [-0.2, 0) is 41.1 Å². The van der Waals surface area contributed by atoms with Crippen LogP contribution in [0.3, 0.4) is 0 Å². The van der Waals surface area contributed by atoms with E-state index in [0.717, 1.165) is 28.0 Å². The molecule has 0 spiro atoms. The van der Waals surface area contributed by atoms with E-state index in [4.69, 9.17) is 28.8 Å². The van der Waals surface area contributed by atoms with Crippen molar-refractivity contribution in [3.05, 3.63) is 67.0 Å². The van der Waals surface area contributed by atoms with E-state index < -0.39 is 91.7 Å². The van der Waals surface area contributed by atoms with E-state index in [1.807, 2.05) is 0 Å². The molecule has 24 nitrogen and oxygen atoms in total. The summed E-state index contributed by atoms with van der Waals surface area (Å²) in [5.74, 6) is -1.37. The van der Waals surface area contributed by atoms with Crippen molar-refractivity contribution in [2.45, 2.75) is 49.1 Å². The molecule has 5 heterocycles. The molecule has 0 amide bonds. The average Bonchev–Trinajstić information content (AvgIpc) is 3.75. The first kappa shape index (κ1) is 40.0. The number of benzene rings is 1. The molecule has 54 heavy (non-hydrogen) atoms. The minimum Gasteiger partial charge on any atom is -0.477 e. The number of hydrogen-bond acceptors (Lipinski definition) is 17. The molecule has 2 unspecified atom stereocenters. The maximum atomic E-state index is 12.7. The molecule has 10 atom stereocenters. The summed E-state index contributed by atoms with van der Waals surface area (Å²) < 4.78 is 68.9. The standard InChI is InChI=1S/C27H31N6O18P3/c28-23-18-24(30-11-29-23)33(12-31-18)26-22(50-52(39,40)41)20(35)17(49-26)10-47-54(44,45)51-53(42,43)46-9-16-19(34)21(36)25(48-16)32-7-6-14(15(8-32)27(37)38)13-4-2-1-3-5-13/h1-8,11-12,16-17,19-22,25-26,34-36H,9-10H2,(H6-,28,29,30,37,38,39,40,41,42,43,44,45)/p+1/t16-,17+,19-,20+,21-,22+,25-,26+/m0/s1.